The van der Waals surface area contributed by atoms with Crippen LogP contribution < -0.4 is 9.47 Å². The Balaban J connectivity index is 1.97. The Bertz CT molecular complexity index is 1050. The van der Waals surface area contributed by atoms with Crippen LogP contribution in [0.15, 0.2) is 66.7 Å². The van der Waals surface area contributed by atoms with Gasteiger partial charge in [-0.3, -0.25) is 0 Å². The highest BCUT2D eigenvalue weighted by atomic mass is 19.4. The molecule has 3 aromatic carbocycles. The average molecular weight is 418 g/mol. The monoisotopic (exact) mass is 418 g/mol. The maximum absolute atomic E-state index is 13.7. The molecule has 0 N–H and O–H groups in total. The summed E-state index contributed by atoms with van der Waals surface area (Å²) in [7, 11) is 1.49. The number of rotatable bonds is 5. The molecular formula is C23H18F4O3. The topological polar surface area (TPSA) is 35.5 Å². The third kappa shape index (κ3) is 4.79. The Morgan fingerprint density at radius 1 is 0.967 bits per heavy atom. The van der Waals surface area contributed by atoms with Crippen molar-refractivity contribution < 1.29 is 31.8 Å². The molecule has 0 aliphatic carbocycles. The molecule has 1 atom stereocenters. The zero-order valence-electron chi connectivity index (χ0n) is 16.2. The van der Waals surface area contributed by atoms with Crippen molar-refractivity contribution in [3.63, 3.8) is 0 Å². The second kappa shape index (κ2) is 8.57. The van der Waals surface area contributed by atoms with Gasteiger partial charge in [0.1, 0.15) is 17.3 Å². The second-order valence-electron chi connectivity index (χ2n) is 6.65. The molecule has 0 spiro atoms. The first-order chi connectivity index (χ1) is 14.2. The van der Waals surface area contributed by atoms with E-state index in [2.05, 4.69) is 0 Å². The van der Waals surface area contributed by atoms with Gasteiger partial charge in [-0.1, -0.05) is 37.3 Å². The Morgan fingerprint density at radius 3 is 2.30 bits per heavy atom. The summed E-state index contributed by atoms with van der Waals surface area (Å²) in [4.78, 5) is 12.5. The molecule has 0 aliphatic rings. The smallest absolute Gasteiger partial charge is 0.416 e. The summed E-state index contributed by atoms with van der Waals surface area (Å²) in [6.07, 6.45) is -4.79. The third-order valence-electron chi connectivity index (χ3n) is 4.65. The standard InChI is InChI=1S/C23H18F4O3/c1-14(15-6-4-3-5-7-15)20-13-19(29-2)8-9-21(20)30-22(28)16-10-17(23(25,26)27)12-18(24)11-16/h3-14H,1-2H3. The van der Waals surface area contributed by atoms with Gasteiger partial charge in [-0.2, -0.15) is 13.2 Å². The van der Waals surface area contributed by atoms with Crippen LogP contribution in [0.3, 0.4) is 0 Å². The van der Waals surface area contributed by atoms with Gasteiger partial charge in [0, 0.05) is 11.5 Å². The third-order valence-corrected chi connectivity index (χ3v) is 4.65. The van der Waals surface area contributed by atoms with Crippen molar-refractivity contribution in [1.29, 1.82) is 0 Å². The van der Waals surface area contributed by atoms with E-state index >= 15 is 0 Å². The van der Waals surface area contributed by atoms with Crippen molar-refractivity contribution in [2.24, 2.45) is 0 Å². The van der Waals surface area contributed by atoms with E-state index in [4.69, 9.17) is 9.47 Å². The van der Waals surface area contributed by atoms with Crippen LogP contribution in [0.4, 0.5) is 17.6 Å². The summed E-state index contributed by atoms with van der Waals surface area (Å²) in [6, 6.07) is 15.7. The molecular weight excluding hydrogens is 400 g/mol. The molecule has 0 aliphatic heterocycles. The number of carbonyl (C=O) groups is 1. The molecule has 30 heavy (non-hydrogen) atoms. The van der Waals surface area contributed by atoms with Crippen LogP contribution in [-0.4, -0.2) is 13.1 Å². The molecule has 3 nitrogen and oxygen atoms in total. The first-order valence-corrected chi connectivity index (χ1v) is 9.02. The van der Waals surface area contributed by atoms with Gasteiger partial charge in [0.2, 0.25) is 0 Å². The molecule has 0 saturated heterocycles. The van der Waals surface area contributed by atoms with Crippen molar-refractivity contribution in [2.45, 2.75) is 19.0 Å². The molecule has 0 radical (unpaired) electrons. The predicted octanol–water partition coefficient (Wildman–Crippen LogP) is 6.22. The highest BCUT2D eigenvalue weighted by Gasteiger charge is 2.32. The normalized spacial score (nSPS) is 12.3. The van der Waals surface area contributed by atoms with Crippen molar-refractivity contribution in [2.75, 3.05) is 7.11 Å². The SMILES string of the molecule is COc1ccc(OC(=O)c2cc(F)cc(C(F)(F)F)c2)c(C(C)c2ccccc2)c1. The lowest BCUT2D eigenvalue weighted by atomic mass is 9.92. The highest BCUT2D eigenvalue weighted by Crippen LogP contribution is 2.35. The van der Waals surface area contributed by atoms with Gasteiger partial charge in [0.25, 0.3) is 0 Å². The van der Waals surface area contributed by atoms with Crippen molar-refractivity contribution in [1.82, 2.24) is 0 Å². The van der Waals surface area contributed by atoms with Crippen molar-refractivity contribution >= 4 is 5.97 Å². The van der Waals surface area contributed by atoms with Crippen LogP contribution in [0.5, 0.6) is 11.5 Å². The van der Waals surface area contributed by atoms with Gasteiger partial charge < -0.3 is 9.47 Å². The van der Waals surface area contributed by atoms with Crippen LogP contribution in [0.1, 0.15) is 39.9 Å². The molecule has 1 unspecified atom stereocenters. The summed E-state index contributed by atoms with van der Waals surface area (Å²) in [5, 5.41) is 0. The molecule has 156 valence electrons. The van der Waals surface area contributed by atoms with Crippen molar-refractivity contribution in [3.05, 3.63) is 94.8 Å². The number of benzene rings is 3. The highest BCUT2D eigenvalue weighted by molar-refractivity contribution is 5.91. The Labute approximate surface area is 170 Å². The lowest BCUT2D eigenvalue weighted by Crippen LogP contribution is -2.14. The zero-order chi connectivity index (χ0) is 21.9. The lowest BCUT2D eigenvalue weighted by molar-refractivity contribution is -0.137. The quantitative estimate of drug-likeness (QED) is 0.280. The van der Waals surface area contributed by atoms with E-state index in [1.54, 1.807) is 12.1 Å². The average Bonchev–Trinajstić information content (AvgIpc) is 2.73. The number of ether oxygens (including phenoxy) is 2. The molecule has 0 fully saturated rings. The van der Waals surface area contributed by atoms with E-state index in [0.29, 0.717) is 29.5 Å². The number of carbonyl (C=O) groups excluding carboxylic acids is 1. The maximum atomic E-state index is 13.7. The molecule has 3 rings (SSSR count). The van der Waals surface area contributed by atoms with Gasteiger partial charge in [-0.05, 0) is 42.0 Å². The zero-order valence-corrected chi connectivity index (χ0v) is 16.2. The summed E-state index contributed by atoms with van der Waals surface area (Å²) in [5.41, 5.74) is -0.256. The lowest BCUT2D eigenvalue weighted by Gasteiger charge is -2.18. The summed E-state index contributed by atoms with van der Waals surface area (Å²) in [5.74, 6) is -1.80. The molecule has 3 aromatic rings. The largest absolute Gasteiger partial charge is 0.497 e. The molecule has 0 aromatic heterocycles. The van der Waals surface area contributed by atoms with E-state index in [1.807, 2.05) is 37.3 Å². The van der Waals surface area contributed by atoms with E-state index in [-0.39, 0.29) is 11.7 Å². The minimum absolute atomic E-state index is 0.148. The minimum Gasteiger partial charge on any atom is -0.497 e. The van der Waals surface area contributed by atoms with E-state index in [9.17, 15) is 22.4 Å². The van der Waals surface area contributed by atoms with Crippen LogP contribution in [0.25, 0.3) is 0 Å². The number of methoxy groups -OCH3 is 1. The van der Waals surface area contributed by atoms with E-state index < -0.39 is 29.1 Å². The fourth-order valence-electron chi connectivity index (χ4n) is 3.04. The minimum atomic E-state index is -4.79. The fraction of sp³-hybridized carbons (Fsp3) is 0.174. The van der Waals surface area contributed by atoms with E-state index in [1.165, 1.54) is 13.2 Å². The first-order valence-electron chi connectivity index (χ1n) is 9.02. The van der Waals surface area contributed by atoms with E-state index in [0.717, 1.165) is 5.56 Å². The second-order valence-corrected chi connectivity index (χ2v) is 6.65. The molecule has 0 saturated carbocycles. The van der Waals surface area contributed by atoms with Gasteiger partial charge >= 0.3 is 12.1 Å². The van der Waals surface area contributed by atoms with Crippen LogP contribution in [0.2, 0.25) is 0 Å². The molecule has 0 bridgehead atoms. The van der Waals surface area contributed by atoms with Gasteiger partial charge in [-0.15, -0.1) is 0 Å². The summed E-state index contributed by atoms with van der Waals surface area (Å²) < 4.78 is 63.1. The van der Waals surface area contributed by atoms with Crippen LogP contribution in [0, 0.1) is 5.82 Å². The van der Waals surface area contributed by atoms with Crippen LogP contribution >= 0.6 is 0 Å². The molecule has 7 heteroatoms. The predicted molar refractivity (Wildman–Crippen MR) is 103 cm³/mol. The molecule has 0 heterocycles. The number of hydrogen-bond acceptors (Lipinski definition) is 3. The van der Waals surface area contributed by atoms with Crippen molar-refractivity contribution in [3.8, 4) is 11.5 Å². The number of hydrogen-bond donors (Lipinski definition) is 0. The van der Waals surface area contributed by atoms with Gasteiger partial charge in [0.05, 0.1) is 18.2 Å². The Kier molecular flexibility index (Phi) is 6.10. The fourth-order valence-corrected chi connectivity index (χ4v) is 3.04. The summed E-state index contributed by atoms with van der Waals surface area (Å²) in [6.45, 7) is 1.89. The maximum Gasteiger partial charge on any atom is 0.416 e. The van der Waals surface area contributed by atoms with Gasteiger partial charge in [0.15, 0.2) is 0 Å². The molecule has 0 amide bonds. The first kappa shape index (κ1) is 21.4. The van der Waals surface area contributed by atoms with Gasteiger partial charge in [-0.25, -0.2) is 9.18 Å². The number of halogens is 4. The summed E-state index contributed by atoms with van der Waals surface area (Å²) >= 11 is 0. The van der Waals surface area contributed by atoms with Crippen LogP contribution in [-0.2, 0) is 6.18 Å². The Morgan fingerprint density at radius 2 is 1.67 bits per heavy atom. The Hall–Kier alpha value is -3.35. The number of alkyl halides is 3. The number of esters is 1.